The van der Waals surface area contributed by atoms with Gasteiger partial charge in [0.1, 0.15) is 0 Å². The maximum atomic E-state index is 12.3. The van der Waals surface area contributed by atoms with Gasteiger partial charge in [-0.1, -0.05) is 13.8 Å². The summed E-state index contributed by atoms with van der Waals surface area (Å²) < 4.78 is 0. The number of carbonyl (C=O) groups is 1. The van der Waals surface area contributed by atoms with E-state index in [0.717, 1.165) is 45.1 Å². The number of rotatable bonds is 2. The van der Waals surface area contributed by atoms with E-state index in [4.69, 9.17) is 0 Å². The number of aliphatic hydroxyl groups excluding tert-OH is 1. The SMILES string of the molecule is CCC1(C)CCN(C2CCC(O)CC2)C1=O. The van der Waals surface area contributed by atoms with E-state index in [1.54, 1.807) is 0 Å². The van der Waals surface area contributed by atoms with Crippen LogP contribution >= 0.6 is 0 Å². The summed E-state index contributed by atoms with van der Waals surface area (Å²) in [6.45, 7) is 5.11. The van der Waals surface area contributed by atoms with Gasteiger partial charge in [-0.3, -0.25) is 4.79 Å². The zero-order valence-corrected chi connectivity index (χ0v) is 10.4. The van der Waals surface area contributed by atoms with Crippen molar-refractivity contribution in [1.29, 1.82) is 0 Å². The first-order valence-corrected chi connectivity index (χ1v) is 6.56. The fraction of sp³-hybridized carbons (Fsp3) is 0.923. The van der Waals surface area contributed by atoms with Gasteiger partial charge in [0.05, 0.1) is 6.10 Å². The number of aliphatic hydroxyl groups is 1. The van der Waals surface area contributed by atoms with Crippen LogP contribution in [0, 0.1) is 5.41 Å². The molecule has 0 aromatic rings. The quantitative estimate of drug-likeness (QED) is 0.780. The molecule has 1 unspecified atom stereocenters. The van der Waals surface area contributed by atoms with Gasteiger partial charge in [-0.05, 0) is 38.5 Å². The van der Waals surface area contributed by atoms with Crippen LogP contribution in [0.1, 0.15) is 52.4 Å². The molecule has 0 spiro atoms. The highest BCUT2D eigenvalue weighted by Gasteiger charge is 2.44. The maximum Gasteiger partial charge on any atom is 0.228 e. The molecule has 1 saturated heterocycles. The highest BCUT2D eigenvalue weighted by molar-refractivity contribution is 5.84. The third-order valence-electron chi connectivity index (χ3n) is 4.57. The zero-order chi connectivity index (χ0) is 11.8. The summed E-state index contributed by atoms with van der Waals surface area (Å²) in [6, 6.07) is 0.393. The minimum atomic E-state index is -0.133. The Labute approximate surface area is 97.8 Å². The number of hydrogen-bond acceptors (Lipinski definition) is 2. The van der Waals surface area contributed by atoms with Crippen LogP contribution in [0.3, 0.4) is 0 Å². The van der Waals surface area contributed by atoms with Gasteiger partial charge in [0.2, 0.25) is 5.91 Å². The summed E-state index contributed by atoms with van der Waals surface area (Å²) in [7, 11) is 0. The van der Waals surface area contributed by atoms with Gasteiger partial charge in [0.25, 0.3) is 0 Å². The number of likely N-dealkylation sites (tertiary alicyclic amines) is 1. The molecule has 1 atom stereocenters. The van der Waals surface area contributed by atoms with Gasteiger partial charge in [0, 0.05) is 18.0 Å². The molecule has 92 valence electrons. The van der Waals surface area contributed by atoms with Crippen LogP contribution in [-0.2, 0) is 4.79 Å². The molecule has 0 bridgehead atoms. The summed E-state index contributed by atoms with van der Waals surface area (Å²) in [6.07, 6.45) is 5.49. The van der Waals surface area contributed by atoms with Crippen LogP contribution < -0.4 is 0 Å². The molecular formula is C13H23NO2. The normalized spacial score (nSPS) is 40.4. The smallest absolute Gasteiger partial charge is 0.228 e. The summed E-state index contributed by atoms with van der Waals surface area (Å²) in [5.41, 5.74) is -0.115. The van der Waals surface area contributed by atoms with Gasteiger partial charge >= 0.3 is 0 Å². The Morgan fingerprint density at radius 2 is 2.00 bits per heavy atom. The number of carbonyl (C=O) groups excluding carboxylic acids is 1. The van der Waals surface area contributed by atoms with Gasteiger partial charge in [-0.2, -0.15) is 0 Å². The van der Waals surface area contributed by atoms with E-state index in [9.17, 15) is 9.90 Å². The molecule has 1 aliphatic carbocycles. The second-order valence-electron chi connectivity index (χ2n) is 5.63. The molecule has 3 heteroatoms. The van der Waals surface area contributed by atoms with Crippen LogP contribution in [0.4, 0.5) is 0 Å². The lowest BCUT2D eigenvalue weighted by Crippen LogP contribution is -2.42. The summed E-state index contributed by atoms with van der Waals surface area (Å²) in [5.74, 6) is 0.344. The van der Waals surface area contributed by atoms with Crippen molar-refractivity contribution in [1.82, 2.24) is 4.90 Å². The highest BCUT2D eigenvalue weighted by atomic mass is 16.3. The predicted molar refractivity (Wildman–Crippen MR) is 63.0 cm³/mol. The minimum absolute atomic E-state index is 0.115. The van der Waals surface area contributed by atoms with E-state index < -0.39 is 0 Å². The fourth-order valence-corrected chi connectivity index (χ4v) is 2.97. The van der Waals surface area contributed by atoms with E-state index in [-0.39, 0.29) is 11.5 Å². The van der Waals surface area contributed by atoms with Crippen molar-refractivity contribution in [3.63, 3.8) is 0 Å². The van der Waals surface area contributed by atoms with Crippen molar-refractivity contribution in [3.8, 4) is 0 Å². The lowest BCUT2D eigenvalue weighted by atomic mass is 9.86. The molecule has 0 radical (unpaired) electrons. The third kappa shape index (κ3) is 1.97. The Morgan fingerprint density at radius 3 is 2.50 bits per heavy atom. The monoisotopic (exact) mass is 225 g/mol. The molecule has 0 aromatic carbocycles. The molecule has 3 nitrogen and oxygen atoms in total. The first-order chi connectivity index (χ1) is 7.57. The minimum Gasteiger partial charge on any atom is -0.393 e. The first-order valence-electron chi connectivity index (χ1n) is 6.56. The van der Waals surface area contributed by atoms with E-state index >= 15 is 0 Å². The largest absolute Gasteiger partial charge is 0.393 e. The molecular weight excluding hydrogens is 202 g/mol. The molecule has 2 fully saturated rings. The van der Waals surface area contributed by atoms with E-state index in [0.29, 0.717) is 11.9 Å². The van der Waals surface area contributed by atoms with Crippen molar-refractivity contribution in [2.45, 2.75) is 64.5 Å². The summed E-state index contributed by atoms with van der Waals surface area (Å²) in [5, 5.41) is 9.48. The van der Waals surface area contributed by atoms with Crippen LogP contribution in [0.2, 0.25) is 0 Å². The van der Waals surface area contributed by atoms with Gasteiger partial charge < -0.3 is 10.0 Å². The number of hydrogen-bond donors (Lipinski definition) is 1. The third-order valence-corrected chi connectivity index (χ3v) is 4.57. The van der Waals surface area contributed by atoms with Crippen LogP contribution in [0.5, 0.6) is 0 Å². The average Bonchev–Trinajstić information content (AvgIpc) is 2.59. The Balaban J connectivity index is 1.99. The average molecular weight is 225 g/mol. The molecule has 1 aliphatic heterocycles. The van der Waals surface area contributed by atoms with Crippen molar-refractivity contribution in [2.75, 3.05) is 6.54 Å². The van der Waals surface area contributed by atoms with E-state index in [2.05, 4.69) is 18.7 Å². The van der Waals surface area contributed by atoms with Crippen molar-refractivity contribution < 1.29 is 9.90 Å². The molecule has 1 amide bonds. The van der Waals surface area contributed by atoms with Gasteiger partial charge in [-0.25, -0.2) is 0 Å². The topological polar surface area (TPSA) is 40.5 Å². The molecule has 2 rings (SSSR count). The Kier molecular flexibility index (Phi) is 3.24. The second kappa shape index (κ2) is 4.36. The first kappa shape index (κ1) is 11.9. The van der Waals surface area contributed by atoms with Crippen molar-refractivity contribution in [2.24, 2.45) is 5.41 Å². The Bertz CT molecular complexity index is 271. The molecule has 2 aliphatic rings. The van der Waals surface area contributed by atoms with Crippen molar-refractivity contribution in [3.05, 3.63) is 0 Å². The molecule has 1 saturated carbocycles. The van der Waals surface area contributed by atoms with E-state index in [1.807, 2.05) is 0 Å². The van der Waals surface area contributed by atoms with Crippen LogP contribution in [-0.4, -0.2) is 34.6 Å². The Morgan fingerprint density at radius 1 is 1.38 bits per heavy atom. The number of nitrogens with zero attached hydrogens (tertiary/aromatic N) is 1. The summed E-state index contributed by atoms with van der Waals surface area (Å²) in [4.78, 5) is 14.4. The highest BCUT2D eigenvalue weighted by Crippen LogP contribution is 2.38. The lowest BCUT2D eigenvalue weighted by molar-refractivity contribution is -0.138. The second-order valence-corrected chi connectivity index (χ2v) is 5.63. The standard InChI is InChI=1S/C13H23NO2/c1-3-13(2)8-9-14(12(13)16)10-4-6-11(15)7-5-10/h10-11,15H,3-9H2,1-2H3. The zero-order valence-electron chi connectivity index (χ0n) is 10.4. The van der Waals surface area contributed by atoms with Crippen molar-refractivity contribution >= 4 is 5.91 Å². The Hall–Kier alpha value is -0.570. The van der Waals surface area contributed by atoms with Crippen LogP contribution in [0.15, 0.2) is 0 Å². The van der Waals surface area contributed by atoms with E-state index in [1.165, 1.54) is 0 Å². The predicted octanol–water partition coefficient (Wildman–Crippen LogP) is 1.94. The molecule has 16 heavy (non-hydrogen) atoms. The molecule has 1 heterocycles. The molecule has 0 aromatic heterocycles. The maximum absolute atomic E-state index is 12.3. The van der Waals surface area contributed by atoms with Gasteiger partial charge in [0.15, 0.2) is 0 Å². The molecule has 1 N–H and O–H groups in total. The lowest BCUT2D eigenvalue weighted by Gasteiger charge is -2.34. The van der Waals surface area contributed by atoms with Gasteiger partial charge in [-0.15, -0.1) is 0 Å². The summed E-state index contributed by atoms with van der Waals surface area (Å²) >= 11 is 0. The number of amides is 1. The fourth-order valence-electron chi connectivity index (χ4n) is 2.97. The van der Waals surface area contributed by atoms with Crippen LogP contribution in [0.25, 0.3) is 0 Å².